The van der Waals surface area contributed by atoms with Gasteiger partial charge in [0.1, 0.15) is 29.8 Å². The minimum absolute atomic E-state index is 0.178. The van der Waals surface area contributed by atoms with Gasteiger partial charge in [-0.15, -0.1) is 0 Å². The van der Waals surface area contributed by atoms with E-state index in [4.69, 9.17) is 4.74 Å². The van der Waals surface area contributed by atoms with E-state index >= 15 is 0 Å². The van der Waals surface area contributed by atoms with Gasteiger partial charge >= 0.3 is 0 Å². The van der Waals surface area contributed by atoms with Crippen molar-refractivity contribution in [3.8, 4) is 5.75 Å². The molecule has 33 heavy (non-hydrogen) atoms. The predicted molar refractivity (Wildman–Crippen MR) is 120 cm³/mol. The lowest BCUT2D eigenvalue weighted by Gasteiger charge is -2.10. The van der Waals surface area contributed by atoms with E-state index in [0.29, 0.717) is 28.6 Å². The second kappa shape index (κ2) is 8.31. The summed E-state index contributed by atoms with van der Waals surface area (Å²) >= 11 is 0. The van der Waals surface area contributed by atoms with Crippen LogP contribution in [0.1, 0.15) is 21.7 Å². The molecule has 0 atom stereocenters. The first-order chi connectivity index (χ1) is 16.0. The van der Waals surface area contributed by atoms with Gasteiger partial charge in [-0.1, -0.05) is 30.3 Å². The van der Waals surface area contributed by atoms with Crippen molar-refractivity contribution in [2.24, 2.45) is 0 Å². The number of ether oxygens (including phenoxy) is 1. The number of rotatable bonds is 5. The van der Waals surface area contributed by atoms with Crippen LogP contribution in [0.2, 0.25) is 0 Å². The molecule has 0 aliphatic rings. The Morgan fingerprint density at radius 2 is 1.82 bits per heavy atom. The van der Waals surface area contributed by atoms with E-state index in [1.807, 2.05) is 30.3 Å². The number of fused-ring (bicyclic) bond motifs is 2. The van der Waals surface area contributed by atoms with Crippen LogP contribution in [-0.4, -0.2) is 20.3 Å². The highest BCUT2D eigenvalue weighted by Gasteiger charge is 2.20. The molecule has 0 saturated heterocycles. The quantitative estimate of drug-likeness (QED) is 0.399. The van der Waals surface area contributed by atoms with Crippen molar-refractivity contribution in [2.45, 2.75) is 13.5 Å². The van der Waals surface area contributed by atoms with E-state index in [0.717, 1.165) is 10.8 Å². The second-order valence-electron chi connectivity index (χ2n) is 7.44. The van der Waals surface area contributed by atoms with Crippen molar-refractivity contribution in [1.82, 2.24) is 14.4 Å². The maximum Gasteiger partial charge on any atom is 0.275 e. The minimum atomic E-state index is -0.691. The topological polar surface area (TPSA) is 68.5 Å². The molecule has 1 N–H and O–H groups in total. The number of aryl methyl sites for hydroxylation is 1. The van der Waals surface area contributed by atoms with Gasteiger partial charge in [-0.25, -0.2) is 18.7 Å². The normalized spacial score (nSPS) is 11.1. The van der Waals surface area contributed by atoms with Crippen molar-refractivity contribution in [3.63, 3.8) is 0 Å². The summed E-state index contributed by atoms with van der Waals surface area (Å²) in [6, 6.07) is 16.4. The number of aromatic nitrogens is 3. The molecule has 8 heteroatoms. The number of pyridine rings is 2. The first-order valence-electron chi connectivity index (χ1n) is 10.2. The van der Waals surface area contributed by atoms with Crippen molar-refractivity contribution >= 4 is 28.1 Å². The van der Waals surface area contributed by atoms with Crippen LogP contribution in [0, 0.1) is 18.6 Å². The maximum absolute atomic E-state index is 14.0. The SMILES string of the molecule is Cc1nc2c(OCc3c(F)cccc3F)cccn2c1C(=O)Nc1nccc2ccccc12. The molecule has 0 saturated carbocycles. The molecule has 0 aliphatic heterocycles. The molecule has 0 bridgehead atoms. The molecule has 6 nitrogen and oxygen atoms in total. The Kier molecular flexibility index (Phi) is 5.18. The minimum Gasteiger partial charge on any atom is -0.485 e. The fraction of sp³-hybridized carbons (Fsp3) is 0.0800. The van der Waals surface area contributed by atoms with Gasteiger partial charge in [0, 0.05) is 17.8 Å². The number of amides is 1. The number of anilines is 1. The third kappa shape index (κ3) is 3.76. The van der Waals surface area contributed by atoms with Gasteiger partial charge < -0.3 is 10.1 Å². The predicted octanol–water partition coefficient (Wildman–Crippen LogP) is 5.30. The summed E-state index contributed by atoms with van der Waals surface area (Å²) in [7, 11) is 0. The highest BCUT2D eigenvalue weighted by atomic mass is 19.1. The van der Waals surface area contributed by atoms with E-state index in [-0.39, 0.29) is 18.1 Å². The van der Waals surface area contributed by atoms with Crippen molar-refractivity contribution in [1.29, 1.82) is 0 Å². The molecule has 1 amide bonds. The molecule has 0 aliphatic carbocycles. The second-order valence-corrected chi connectivity index (χ2v) is 7.44. The smallest absolute Gasteiger partial charge is 0.275 e. The number of carbonyl (C=O) groups is 1. The summed E-state index contributed by atoms with van der Waals surface area (Å²) in [4.78, 5) is 22.0. The van der Waals surface area contributed by atoms with Gasteiger partial charge in [0.2, 0.25) is 0 Å². The summed E-state index contributed by atoms with van der Waals surface area (Å²) in [5.74, 6) is -1.03. The highest BCUT2D eigenvalue weighted by molar-refractivity contribution is 6.08. The van der Waals surface area contributed by atoms with Crippen LogP contribution in [-0.2, 0) is 6.61 Å². The molecular weight excluding hydrogens is 426 g/mol. The molecule has 164 valence electrons. The summed E-state index contributed by atoms with van der Waals surface area (Å²) < 4.78 is 35.2. The Morgan fingerprint density at radius 3 is 2.64 bits per heavy atom. The Hall–Kier alpha value is -4.33. The third-order valence-corrected chi connectivity index (χ3v) is 5.34. The van der Waals surface area contributed by atoms with Crippen LogP contribution in [0.4, 0.5) is 14.6 Å². The van der Waals surface area contributed by atoms with Crippen LogP contribution in [0.5, 0.6) is 5.75 Å². The van der Waals surface area contributed by atoms with Crippen LogP contribution >= 0.6 is 0 Å². The molecule has 3 aromatic heterocycles. The maximum atomic E-state index is 14.0. The number of nitrogens with zero attached hydrogens (tertiary/aromatic N) is 3. The first kappa shape index (κ1) is 20.6. The molecule has 2 aromatic carbocycles. The van der Waals surface area contributed by atoms with E-state index in [2.05, 4.69) is 15.3 Å². The monoisotopic (exact) mass is 444 g/mol. The first-order valence-corrected chi connectivity index (χ1v) is 10.2. The van der Waals surface area contributed by atoms with Crippen LogP contribution in [0.15, 0.2) is 73.1 Å². The van der Waals surface area contributed by atoms with Crippen molar-refractivity contribution < 1.29 is 18.3 Å². The Morgan fingerprint density at radius 1 is 1.03 bits per heavy atom. The van der Waals surface area contributed by atoms with E-state index in [9.17, 15) is 13.6 Å². The van der Waals surface area contributed by atoms with Crippen LogP contribution < -0.4 is 10.1 Å². The molecule has 3 heterocycles. The summed E-state index contributed by atoms with van der Waals surface area (Å²) in [6.07, 6.45) is 3.31. The number of imidazole rings is 1. The van der Waals surface area contributed by atoms with Crippen molar-refractivity contribution in [3.05, 3.63) is 102 Å². The number of nitrogens with one attached hydrogen (secondary N) is 1. The van der Waals surface area contributed by atoms with Gasteiger partial charge in [-0.2, -0.15) is 0 Å². The zero-order chi connectivity index (χ0) is 22.9. The summed E-state index contributed by atoms with van der Waals surface area (Å²) in [5, 5.41) is 4.63. The average molecular weight is 444 g/mol. The molecular formula is C25H18F2N4O2. The number of benzene rings is 2. The lowest BCUT2D eigenvalue weighted by molar-refractivity contribution is 0.102. The third-order valence-electron chi connectivity index (χ3n) is 5.34. The molecule has 0 fully saturated rings. The van der Waals surface area contributed by atoms with Gasteiger partial charge in [0.25, 0.3) is 5.91 Å². The van der Waals surface area contributed by atoms with Gasteiger partial charge in [0.05, 0.1) is 11.3 Å². The number of halogens is 2. The van der Waals surface area contributed by atoms with Crippen LogP contribution in [0.3, 0.4) is 0 Å². The van der Waals surface area contributed by atoms with Gasteiger partial charge in [-0.05, 0) is 42.6 Å². The van der Waals surface area contributed by atoms with E-state index < -0.39 is 11.6 Å². The zero-order valence-electron chi connectivity index (χ0n) is 17.5. The van der Waals surface area contributed by atoms with Gasteiger partial charge in [-0.3, -0.25) is 9.20 Å². The van der Waals surface area contributed by atoms with Crippen molar-refractivity contribution in [2.75, 3.05) is 5.32 Å². The zero-order valence-corrected chi connectivity index (χ0v) is 17.5. The molecule has 5 rings (SSSR count). The largest absolute Gasteiger partial charge is 0.485 e. The van der Waals surface area contributed by atoms with Crippen LogP contribution in [0.25, 0.3) is 16.4 Å². The van der Waals surface area contributed by atoms with E-state index in [1.165, 1.54) is 18.2 Å². The molecule has 0 radical (unpaired) electrons. The number of hydrogen-bond donors (Lipinski definition) is 1. The summed E-state index contributed by atoms with van der Waals surface area (Å²) in [6.45, 7) is 1.39. The summed E-state index contributed by atoms with van der Waals surface area (Å²) in [5.41, 5.74) is 0.966. The van der Waals surface area contributed by atoms with E-state index in [1.54, 1.807) is 35.9 Å². The fourth-order valence-electron chi connectivity index (χ4n) is 3.75. The average Bonchev–Trinajstić information content (AvgIpc) is 3.15. The molecule has 5 aromatic rings. The number of carbonyl (C=O) groups excluding carboxylic acids is 1. The Bertz CT molecular complexity index is 1490. The Labute approximate surface area is 187 Å². The number of hydrogen-bond acceptors (Lipinski definition) is 4. The molecule has 0 unspecified atom stereocenters. The lowest BCUT2D eigenvalue weighted by atomic mass is 10.1. The fourth-order valence-corrected chi connectivity index (χ4v) is 3.75. The lowest BCUT2D eigenvalue weighted by Crippen LogP contribution is -2.16. The highest BCUT2D eigenvalue weighted by Crippen LogP contribution is 2.26. The van der Waals surface area contributed by atoms with Gasteiger partial charge in [0.15, 0.2) is 11.4 Å². The Balaban J connectivity index is 1.47. The molecule has 0 spiro atoms. The standard InChI is InChI=1S/C25H18F2N4O2/c1-15-22(25(32)30-23-17-7-3-2-6-16(17)11-12-28-23)31-13-5-10-21(24(31)29-15)33-14-18-19(26)8-4-9-20(18)27/h2-13H,14H2,1H3,(H,28,30,32).